The Bertz CT molecular complexity index is 828. The second kappa shape index (κ2) is 5.77. The van der Waals surface area contributed by atoms with E-state index in [9.17, 15) is 9.18 Å². The van der Waals surface area contributed by atoms with Gasteiger partial charge in [-0.1, -0.05) is 24.3 Å². The van der Waals surface area contributed by atoms with Crippen molar-refractivity contribution in [3.8, 4) is 11.4 Å². The number of benzene rings is 2. The number of carbonyl (C=O) groups is 1. The van der Waals surface area contributed by atoms with Crippen LogP contribution in [0, 0.1) is 5.82 Å². The van der Waals surface area contributed by atoms with E-state index in [-0.39, 0.29) is 5.56 Å². The first-order valence-corrected chi connectivity index (χ1v) is 6.65. The molecule has 3 rings (SSSR count). The molecule has 5 nitrogen and oxygen atoms in total. The summed E-state index contributed by atoms with van der Waals surface area (Å²) in [6.45, 7) is 0. The van der Waals surface area contributed by atoms with E-state index >= 15 is 0 Å². The number of carbonyl (C=O) groups excluding carboxylic acids is 1. The summed E-state index contributed by atoms with van der Waals surface area (Å²) < 4.78 is 15.2. The Morgan fingerprint density at radius 2 is 2.00 bits per heavy atom. The highest BCUT2D eigenvalue weighted by atomic mass is 19.1. The smallest absolute Gasteiger partial charge is 0.258 e. The predicted molar refractivity (Wildman–Crippen MR) is 80.8 cm³/mol. The molecule has 0 aliphatic heterocycles. The van der Waals surface area contributed by atoms with Crippen LogP contribution >= 0.6 is 0 Å². The molecule has 1 amide bonds. The van der Waals surface area contributed by atoms with Gasteiger partial charge >= 0.3 is 0 Å². The Balaban J connectivity index is 1.84. The van der Waals surface area contributed by atoms with Gasteiger partial charge in [0.2, 0.25) is 0 Å². The molecule has 110 valence electrons. The van der Waals surface area contributed by atoms with Gasteiger partial charge in [0.15, 0.2) is 5.82 Å². The van der Waals surface area contributed by atoms with Crippen LogP contribution in [0.4, 0.5) is 10.1 Å². The topological polar surface area (TPSA) is 59.8 Å². The summed E-state index contributed by atoms with van der Waals surface area (Å²) in [7, 11) is 1.78. The van der Waals surface area contributed by atoms with Gasteiger partial charge in [0.25, 0.3) is 5.91 Å². The SMILES string of the molecule is Cn1cnc(-c2cccc(NC(=O)c3ccccc3F)c2)n1. The summed E-state index contributed by atoms with van der Waals surface area (Å²) in [4.78, 5) is 16.3. The molecule has 0 aliphatic carbocycles. The third-order valence-corrected chi connectivity index (χ3v) is 3.10. The van der Waals surface area contributed by atoms with Crippen molar-refractivity contribution < 1.29 is 9.18 Å². The van der Waals surface area contributed by atoms with E-state index in [0.29, 0.717) is 11.5 Å². The molecule has 3 aromatic rings. The number of amides is 1. The molecule has 0 saturated heterocycles. The number of nitrogens with zero attached hydrogens (tertiary/aromatic N) is 3. The molecule has 0 atom stereocenters. The Kier molecular flexibility index (Phi) is 3.65. The second-order valence-corrected chi connectivity index (χ2v) is 4.76. The molecule has 0 unspecified atom stereocenters. The van der Waals surface area contributed by atoms with Crippen LogP contribution in [-0.4, -0.2) is 20.7 Å². The summed E-state index contributed by atoms with van der Waals surface area (Å²) in [5, 5.41) is 6.88. The van der Waals surface area contributed by atoms with Crippen LogP contribution in [0.25, 0.3) is 11.4 Å². The minimum absolute atomic E-state index is 0.00358. The van der Waals surface area contributed by atoms with E-state index in [2.05, 4.69) is 15.4 Å². The van der Waals surface area contributed by atoms with E-state index in [1.807, 2.05) is 6.07 Å². The standard InChI is InChI=1S/C16H13FN4O/c1-21-10-18-15(20-21)11-5-4-6-12(9-11)19-16(22)13-7-2-3-8-14(13)17/h2-10H,1H3,(H,19,22). The minimum atomic E-state index is -0.553. The summed E-state index contributed by atoms with van der Waals surface area (Å²) >= 11 is 0. The lowest BCUT2D eigenvalue weighted by Gasteiger charge is -2.07. The van der Waals surface area contributed by atoms with Gasteiger partial charge in [-0.15, -0.1) is 0 Å². The quantitative estimate of drug-likeness (QED) is 0.808. The van der Waals surface area contributed by atoms with Crippen molar-refractivity contribution in [1.29, 1.82) is 0 Å². The van der Waals surface area contributed by atoms with Crippen LogP contribution in [0.3, 0.4) is 0 Å². The third kappa shape index (κ3) is 2.85. The lowest BCUT2D eigenvalue weighted by molar-refractivity contribution is 0.102. The van der Waals surface area contributed by atoms with Crippen molar-refractivity contribution in [3.63, 3.8) is 0 Å². The molecule has 0 saturated carbocycles. The predicted octanol–water partition coefficient (Wildman–Crippen LogP) is 2.87. The molecule has 0 aliphatic rings. The van der Waals surface area contributed by atoms with Crippen LogP contribution in [0.2, 0.25) is 0 Å². The molecular weight excluding hydrogens is 283 g/mol. The van der Waals surface area contributed by atoms with Gasteiger partial charge in [-0.05, 0) is 24.3 Å². The monoisotopic (exact) mass is 296 g/mol. The molecule has 0 fully saturated rings. The fourth-order valence-electron chi connectivity index (χ4n) is 2.05. The molecule has 1 heterocycles. The van der Waals surface area contributed by atoms with Crippen molar-refractivity contribution in [3.05, 3.63) is 66.2 Å². The van der Waals surface area contributed by atoms with E-state index in [1.165, 1.54) is 12.1 Å². The third-order valence-electron chi connectivity index (χ3n) is 3.10. The van der Waals surface area contributed by atoms with Crippen LogP contribution < -0.4 is 5.32 Å². The summed E-state index contributed by atoms with van der Waals surface area (Å²) in [5.74, 6) is -0.490. The molecule has 0 spiro atoms. The zero-order valence-corrected chi connectivity index (χ0v) is 11.8. The van der Waals surface area contributed by atoms with Crippen molar-refractivity contribution in [2.75, 3.05) is 5.32 Å². The van der Waals surface area contributed by atoms with Gasteiger partial charge in [0.1, 0.15) is 12.1 Å². The molecule has 2 aromatic carbocycles. The number of hydrogen-bond acceptors (Lipinski definition) is 3. The van der Waals surface area contributed by atoms with E-state index in [0.717, 1.165) is 5.56 Å². The molecular formula is C16H13FN4O. The van der Waals surface area contributed by atoms with Crippen LogP contribution in [0.15, 0.2) is 54.9 Å². The van der Waals surface area contributed by atoms with Crippen LogP contribution in [0.5, 0.6) is 0 Å². The molecule has 0 radical (unpaired) electrons. The lowest BCUT2D eigenvalue weighted by Crippen LogP contribution is -2.13. The average Bonchev–Trinajstić information content (AvgIpc) is 2.94. The first kappa shape index (κ1) is 13.9. The van der Waals surface area contributed by atoms with Crippen molar-refractivity contribution in [2.24, 2.45) is 7.05 Å². The minimum Gasteiger partial charge on any atom is -0.322 e. The van der Waals surface area contributed by atoms with Crippen molar-refractivity contribution >= 4 is 11.6 Å². The first-order chi connectivity index (χ1) is 10.6. The molecule has 0 bridgehead atoms. The number of rotatable bonds is 3. The van der Waals surface area contributed by atoms with Gasteiger partial charge in [0.05, 0.1) is 5.56 Å². The summed E-state index contributed by atoms with van der Waals surface area (Å²) in [6, 6.07) is 12.9. The zero-order chi connectivity index (χ0) is 15.5. The maximum atomic E-state index is 13.6. The Morgan fingerprint density at radius 1 is 1.18 bits per heavy atom. The summed E-state index contributed by atoms with van der Waals surface area (Å²) in [5.41, 5.74) is 1.33. The van der Waals surface area contributed by atoms with Crippen molar-refractivity contribution in [1.82, 2.24) is 14.8 Å². The fourth-order valence-corrected chi connectivity index (χ4v) is 2.05. The van der Waals surface area contributed by atoms with Gasteiger partial charge in [-0.3, -0.25) is 9.48 Å². The number of aryl methyl sites for hydroxylation is 1. The largest absolute Gasteiger partial charge is 0.322 e. The molecule has 1 N–H and O–H groups in total. The fraction of sp³-hybridized carbons (Fsp3) is 0.0625. The van der Waals surface area contributed by atoms with Gasteiger partial charge in [-0.2, -0.15) is 5.10 Å². The van der Waals surface area contributed by atoms with Crippen LogP contribution in [-0.2, 0) is 7.05 Å². The second-order valence-electron chi connectivity index (χ2n) is 4.76. The van der Waals surface area contributed by atoms with Crippen LogP contribution in [0.1, 0.15) is 10.4 Å². The number of hydrogen-bond donors (Lipinski definition) is 1. The first-order valence-electron chi connectivity index (χ1n) is 6.65. The van der Waals surface area contributed by atoms with Gasteiger partial charge in [0, 0.05) is 18.3 Å². The van der Waals surface area contributed by atoms with E-state index < -0.39 is 11.7 Å². The average molecular weight is 296 g/mol. The zero-order valence-electron chi connectivity index (χ0n) is 11.8. The number of aromatic nitrogens is 3. The number of anilines is 1. The number of nitrogens with one attached hydrogen (secondary N) is 1. The van der Waals surface area contributed by atoms with Crippen molar-refractivity contribution in [2.45, 2.75) is 0 Å². The van der Waals surface area contributed by atoms with E-state index in [4.69, 9.17) is 0 Å². The lowest BCUT2D eigenvalue weighted by atomic mass is 10.1. The highest BCUT2D eigenvalue weighted by Gasteiger charge is 2.11. The Labute approximate surface area is 126 Å². The maximum absolute atomic E-state index is 13.6. The maximum Gasteiger partial charge on any atom is 0.258 e. The highest BCUT2D eigenvalue weighted by Crippen LogP contribution is 2.20. The highest BCUT2D eigenvalue weighted by molar-refractivity contribution is 6.04. The summed E-state index contributed by atoms with van der Waals surface area (Å²) in [6.07, 6.45) is 1.60. The molecule has 1 aromatic heterocycles. The molecule has 6 heteroatoms. The number of halogens is 1. The van der Waals surface area contributed by atoms with Gasteiger partial charge in [-0.25, -0.2) is 9.37 Å². The van der Waals surface area contributed by atoms with Gasteiger partial charge < -0.3 is 5.32 Å². The Hall–Kier alpha value is -3.02. The normalized spacial score (nSPS) is 10.5. The van der Waals surface area contributed by atoms with E-state index in [1.54, 1.807) is 48.4 Å². The molecule has 22 heavy (non-hydrogen) atoms. The Morgan fingerprint density at radius 3 is 2.73 bits per heavy atom.